The van der Waals surface area contributed by atoms with Gasteiger partial charge in [-0.05, 0) is 34.6 Å². The summed E-state index contributed by atoms with van der Waals surface area (Å²) in [7, 11) is 0. The van der Waals surface area contributed by atoms with Gasteiger partial charge in [-0.15, -0.1) is 10.2 Å². The summed E-state index contributed by atoms with van der Waals surface area (Å²) in [4.78, 5) is 11.2. The lowest BCUT2D eigenvalue weighted by Crippen LogP contribution is -2.15. The van der Waals surface area contributed by atoms with E-state index in [1.165, 1.54) is 12.1 Å². The zero-order valence-electron chi connectivity index (χ0n) is 16.7. The number of hydrogen-bond acceptors (Lipinski definition) is 5. The molecule has 2 rings (SSSR count). The van der Waals surface area contributed by atoms with E-state index < -0.39 is 10.3 Å². The summed E-state index contributed by atoms with van der Waals surface area (Å²) in [6, 6.07) is 6.44. The molecule has 0 aliphatic carbocycles. The van der Waals surface area contributed by atoms with Crippen molar-refractivity contribution >= 4 is 40.3 Å². The fraction of sp³-hybridized carbons (Fsp3) is 0.400. The summed E-state index contributed by atoms with van der Waals surface area (Å²) < 4.78 is 0. The highest BCUT2D eigenvalue weighted by molar-refractivity contribution is 6.37. The van der Waals surface area contributed by atoms with E-state index in [4.69, 9.17) is 23.2 Å². The Labute approximate surface area is 174 Å². The lowest BCUT2D eigenvalue weighted by molar-refractivity contribution is -0.385. The third kappa shape index (κ3) is 4.62. The minimum absolute atomic E-state index is 0.0138. The quantitative estimate of drug-likeness (QED) is 0.312. The van der Waals surface area contributed by atoms with Gasteiger partial charge in [0.15, 0.2) is 5.69 Å². The second-order valence-electron chi connectivity index (χ2n) is 8.57. The number of halogens is 2. The first-order valence-electron chi connectivity index (χ1n) is 8.65. The van der Waals surface area contributed by atoms with Crippen LogP contribution in [-0.2, 0) is 10.8 Å². The van der Waals surface area contributed by atoms with Crippen molar-refractivity contribution < 1.29 is 10.0 Å². The zero-order valence-corrected chi connectivity index (χ0v) is 18.2. The average Bonchev–Trinajstić information content (AvgIpc) is 2.52. The molecule has 0 saturated heterocycles. The van der Waals surface area contributed by atoms with E-state index in [0.29, 0.717) is 5.56 Å². The maximum absolute atomic E-state index is 11.8. The van der Waals surface area contributed by atoms with Crippen molar-refractivity contribution in [3.05, 3.63) is 55.6 Å². The van der Waals surface area contributed by atoms with Crippen molar-refractivity contribution in [3.63, 3.8) is 0 Å². The maximum atomic E-state index is 11.8. The number of benzene rings is 2. The van der Waals surface area contributed by atoms with E-state index in [9.17, 15) is 15.2 Å². The minimum atomic E-state index is -0.608. The van der Waals surface area contributed by atoms with Gasteiger partial charge >= 0.3 is 5.69 Å². The molecule has 0 aromatic heterocycles. The van der Waals surface area contributed by atoms with E-state index in [0.717, 1.165) is 5.56 Å². The van der Waals surface area contributed by atoms with Crippen LogP contribution in [0.4, 0.5) is 17.1 Å². The number of nitro benzene ring substituents is 1. The second kappa shape index (κ2) is 7.68. The van der Waals surface area contributed by atoms with Gasteiger partial charge < -0.3 is 5.11 Å². The van der Waals surface area contributed by atoms with E-state index in [1.54, 1.807) is 12.1 Å². The normalized spacial score (nSPS) is 12.6. The molecule has 6 nitrogen and oxygen atoms in total. The predicted octanol–water partition coefficient (Wildman–Crippen LogP) is 7.62. The summed E-state index contributed by atoms with van der Waals surface area (Å²) in [5.74, 6) is -0.0828. The number of phenolic OH excluding ortho intramolecular Hbond substituents is 1. The van der Waals surface area contributed by atoms with Crippen LogP contribution in [0.1, 0.15) is 52.7 Å². The molecule has 0 saturated carbocycles. The molecule has 0 radical (unpaired) electrons. The third-order valence-corrected chi connectivity index (χ3v) is 4.80. The summed E-state index contributed by atoms with van der Waals surface area (Å²) in [6.45, 7) is 11.5. The van der Waals surface area contributed by atoms with Crippen LogP contribution in [0, 0.1) is 10.1 Å². The van der Waals surface area contributed by atoms with Gasteiger partial charge in [0, 0.05) is 0 Å². The van der Waals surface area contributed by atoms with E-state index in [1.807, 2.05) is 41.5 Å². The lowest BCUT2D eigenvalue weighted by atomic mass is 9.85. The molecule has 0 aliphatic heterocycles. The first kappa shape index (κ1) is 22.1. The highest BCUT2D eigenvalue weighted by Gasteiger charge is 2.33. The highest BCUT2D eigenvalue weighted by atomic mass is 35.5. The Morgan fingerprint density at radius 2 is 1.57 bits per heavy atom. The molecule has 0 fully saturated rings. The van der Waals surface area contributed by atoms with Crippen LogP contribution < -0.4 is 0 Å². The van der Waals surface area contributed by atoms with Gasteiger partial charge in [-0.2, -0.15) is 0 Å². The van der Waals surface area contributed by atoms with E-state index in [-0.39, 0.29) is 38.3 Å². The lowest BCUT2D eigenvalue weighted by Gasteiger charge is -2.21. The molecule has 0 spiro atoms. The van der Waals surface area contributed by atoms with Gasteiger partial charge in [-0.3, -0.25) is 10.1 Å². The van der Waals surface area contributed by atoms with Crippen molar-refractivity contribution in [2.45, 2.75) is 52.4 Å². The monoisotopic (exact) mass is 423 g/mol. The Balaban J connectivity index is 2.69. The first-order chi connectivity index (χ1) is 12.7. The highest BCUT2D eigenvalue weighted by Crippen LogP contribution is 2.47. The Morgan fingerprint density at radius 3 is 2.07 bits per heavy atom. The minimum Gasteiger partial charge on any atom is -0.506 e. The number of hydrogen-bond donors (Lipinski definition) is 1. The number of aromatic hydroxyl groups is 1. The predicted molar refractivity (Wildman–Crippen MR) is 113 cm³/mol. The van der Waals surface area contributed by atoms with Gasteiger partial charge in [0.05, 0.1) is 20.5 Å². The van der Waals surface area contributed by atoms with Crippen molar-refractivity contribution in [2.24, 2.45) is 10.2 Å². The SMILES string of the molecule is CC(C)(C)c1ccc(O)c(/N=N/c2c(Cl)cc(Cl)c(C(C)(C)C)c2[N+](=O)[O-])c1. The molecular weight excluding hydrogens is 401 g/mol. The molecule has 0 amide bonds. The maximum Gasteiger partial charge on any atom is 0.303 e. The third-order valence-electron chi connectivity index (χ3n) is 4.21. The van der Waals surface area contributed by atoms with Crippen LogP contribution in [0.2, 0.25) is 10.0 Å². The molecule has 28 heavy (non-hydrogen) atoms. The van der Waals surface area contributed by atoms with Gasteiger partial charge in [0.2, 0.25) is 0 Å². The topological polar surface area (TPSA) is 88.1 Å². The molecule has 0 unspecified atom stereocenters. The summed E-state index contributed by atoms with van der Waals surface area (Å²) in [5, 5.41) is 30.2. The van der Waals surface area contributed by atoms with Gasteiger partial charge in [0.25, 0.3) is 0 Å². The van der Waals surface area contributed by atoms with Crippen molar-refractivity contribution in [2.75, 3.05) is 0 Å². The molecule has 8 heteroatoms. The van der Waals surface area contributed by atoms with Gasteiger partial charge in [-0.25, -0.2) is 0 Å². The first-order valence-corrected chi connectivity index (χ1v) is 9.41. The van der Waals surface area contributed by atoms with Gasteiger partial charge in [-0.1, -0.05) is 70.8 Å². The molecule has 2 aromatic rings. The van der Waals surface area contributed by atoms with Crippen LogP contribution >= 0.6 is 23.2 Å². The Bertz CT molecular complexity index is 959. The van der Waals surface area contributed by atoms with E-state index in [2.05, 4.69) is 10.2 Å². The molecule has 0 bridgehead atoms. The Morgan fingerprint density at radius 1 is 0.964 bits per heavy atom. The number of rotatable bonds is 3. The fourth-order valence-corrected chi connectivity index (χ4v) is 3.53. The van der Waals surface area contributed by atoms with Gasteiger partial charge in [0.1, 0.15) is 11.4 Å². The zero-order chi connectivity index (χ0) is 21.4. The molecule has 0 aliphatic rings. The van der Waals surface area contributed by atoms with E-state index >= 15 is 0 Å². The van der Waals surface area contributed by atoms with Crippen LogP contribution in [0.15, 0.2) is 34.5 Å². The average molecular weight is 424 g/mol. The number of nitro groups is 1. The smallest absolute Gasteiger partial charge is 0.303 e. The van der Waals surface area contributed by atoms with Crippen LogP contribution in [0.25, 0.3) is 0 Å². The Hall–Kier alpha value is -2.18. The fourth-order valence-electron chi connectivity index (χ4n) is 2.76. The van der Waals surface area contributed by atoms with Crippen LogP contribution in [-0.4, -0.2) is 10.0 Å². The summed E-state index contributed by atoms with van der Waals surface area (Å²) in [6.07, 6.45) is 0. The molecular formula is C20H23Cl2N3O3. The number of phenols is 1. The van der Waals surface area contributed by atoms with Crippen molar-refractivity contribution in [3.8, 4) is 5.75 Å². The molecule has 150 valence electrons. The number of azo groups is 1. The molecule has 0 heterocycles. The second-order valence-corrected chi connectivity index (χ2v) is 9.39. The molecule has 2 aromatic carbocycles. The molecule has 0 atom stereocenters. The standard InChI is InChI=1S/C20H23Cl2N3O3/c1-19(2,3)11-7-8-15(26)14(9-11)23-24-17-13(22)10-12(21)16(20(4,5)6)18(17)25(27)28/h7-10,26H,1-6H3/b24-23+. The van der Waals surface area contributed by atoms with Crippen molar-refractivity contribution in [1.82, 2.24) is 0 Å². The summed E-state index contributed by atoms with van der Waals surface area (Å²) in [5.41, 5.74) is 0.299. The summed E-state index contributed by atoms with van der Waals surface area (Å²) >= 11 is 12.5. The Kier molecular flexibility index (Phi) is 6.07. The number of nitrogens with zero attached hydrogens (tertiary/aromatic N) is 3. The van der Waals surface area contributed by atoms with Crippen LogP contribution in [0.5, 0.6) is 5.75 Å². The van der Waals surface area contributed by atoms with Crippen LogP contribution in [0.3, 0.4) is 0 Å². The molecule has 1 N–H and O–H groups in total. The largest absolute Gasteiger partial charge is 0.506 e. The van der Waals surface area contributed by atoms with Crippen molar-refractivity contribution in [1.29, 1.82) is 0 Å².